The zero-order valence-corrected chi connectivity index (χ0v) is 16.1. The van der Waals surface area contributed by atoms with Gasteiger partial charge in [-0.3, -0.25) is 4.79 Å². The summed E-state index contributed by atoms with van der Waals surface area (Å²) in [5.74, 6) is 0.472. The van der Waals surface area contributed by atoms with Crippen LogP contribution < -0.4 is 0 Å². The summed E-state index contributed by atoms with van der Waals surface area (Å²) in [6, 6.07) is 14.4. The number of allylic oxidation sites excluding steroid dienone is 2. The lowest BCUT2D eigenvalue weighted by Gasteiger charge is -2.25. The molecule has 7 heteroatoms. The maximum absolute atomic E-state index is 12.8. The lowest BCUT2D eigenvalue weighted by atomic mass is 9.78. The molecule has 1 aliphatic rings. The van der Waals surface area contributed by atoms with Gasteiger partial charge < -0.3 is 0 Å². The number of ketones is 1. The fraction of sp³-hybridized carbons (Fsp3) is 0.227. The van der Waals surface area contributed by atoms with Gasteiger partial charge in [-0.25, -0.2) is 0 Å². The number of nitrogens with zero attached hydrogens (tertiary/aromatic N) is 6. The van der Waals surface area contributed by atoms with Crippen molar-refractivity contribution < 1.29 is 4.79 Å². The molecule has 29 heavy (non-hydrogen) atoms. The van der Waals surface area contributed by atoms with Crippen molar-refractivity contribution in [2.75, 3.05) is 0 Å². The predicted octanol–water partition coefficient (Wildman–Crippen LogP) is 7.43. The van der Waals surface area contributed by atoms with E-state index < -0.39 is 0 Å². The first-order chi connectivity index (χ1) is 14.1. The number of Topliss-reactive ketones (excluding diaryl/α,β-unsaturated/α-hetero) is 1. The molecule has 2 aromatic rings. The van der Waals surface area contributed by atoms with Crippen LogP contribution in [0, 0.1) is 5.92 Å². The lowest BCUT2D eigenvalue weighted by molar-refractivity contribution is -0.116. The van der Waals surface area contributed by atoms with E-state index in [-0.39, 0.29) is 5.78 Å². The summed E-state index contributed by atoms with van der Waals surface area (Å²) in [5, 5.41) is 7.16. The number of hydrogen-bond donors (Lipinski definition) is 0. The highest BCUT2D eigenvalue weighted by atomic mass is 16.1. The van der Waals surface area contributed by atoms with Crippen molar-refractivity contribution in [2.24, 2.45) is 16.1 Å². The van der Waals surface area contributed by atoms with Crippen molar-refractivity contribution in [1.82, 2.24) is 0 Å². The first-order valence-corrected chi connectivity index (χ1v) is 9.39. The molecule has 0 radical (unpaired) electrons. The number of hydrogen-bond acceptors (Lipinski definition) is 3. The Kier molecular flexibility index (Phi) is 6.48. The van der Waals surface area contributed by atoms with E-state index in [1.54, 1.807) is 24.3 Å². The fourth-order valence-corrected chi connectivity index (χ4v) is 3.39. The van der Waals surface area contributed by atoms with Crippen LogP contribution in [0.5, 0.6) is 0 Å². The molecule has 3 rings (SSSR count). The average Bonchev–Trinajstić information content (AvgIpc) is 2.73. The number of carbonyl (C=O) groups is 1. The molecule has 0 saturated heterocycles. The van der Waals surface area contributed by atoms with Crippen LogP contribution in [0.2, 0.25) is 0 Å². The number of carbonyl (C=O) groups excluding carboxylic acids is 1. The number of azide groups is 2. The van der Waals surface area contributed by atoms with Gasteiger partial charge in [-0.2, -0.15) is 0 Å². The molecule has 0 bridgehead atoms. The maximum atomic E-state index is 12.8. The molecule has 2 aromatic carbocycles. The van der Waals surface area contributed by atoms with Gasteiger partial charge in [0.25, 0.3) is 0 Å². The van der Waals surface area contributed by atoms with Gasteiger partial charge in [-0.05, 0) is 46.2 Å². The van der Waals surface area contributed by atoms with E-state index in [0.717, 1.165) is 29.5 Å². The SMILES string of the molecule is CCC1CC(=O)C(=Cc2ccc(N=[N+]=[N-])cc2)C(=Cc2ccc(N=[N+]=[N-])cc2)C1. The van der Waals surface area contributed by atoms with Gasteiger partial charge in [0.1, 0.15) is 0 Å². The fourth-order valence-electron chi connectivity index (χ4n) is 3.39. The van der Waals surface area contributed by atoms with Gasteiger partial charge in [-0.15, -0.1) is 0 Å². The molecular formula is C22H20N6O. The van der Waals surface area contributed by atoms with Crippen molar-refractivity contribution in [3.63, 3.8) is 0 Å². The largest absolute Gasteiger partial charge is 0.294 e. The van der Waals surface area contributed by atoms with Crippen LogP contribution in [0.3, 0.4) is 0 Å². The lowest BCUT2D eigenvalue weighted by Crippen LogP contribution is -2.19. The summed E-state index contributed by atoms with van der Waals surface area (Å²) in [4.78, 5) is 18.4. The third-order valence-electron chi connectivity index (χ3n) is 4.96. The summed E-state index contributed by atoms with van der Waals surface area (Å²) in [7, 11) is 0. The summed E-state index contributed by atoms with van der Waals surface area (Å²) in [6.07, 6.45) is 6.26. The first-order valence-electron chi connectivity index (χ1n) is 9.39. The van der Waals surface area contributed by atoms with Crippen molar-refractivity contribution in [1.29, 1.82) is 0 Å². The molecule has 0 heterocycles. The van der Waals surface area contributed by atoms with E-state index in [1.807, 2.05) is 36.4 Å². The Morgan fingerprint density at radius 2 is 1.41 bits per heavy atom. The van der Waals surface area contributed by atoms with Crippen LogP contribution >= 0.6 is 0 Å². The molecule has 0 N–H and O–H groups in total. The van der Waals surface area contributed by atoms with E-state index in [9.17, 15) is 4.79 Å². The van der Waals surface area contributed by atoms with Crippen molar-refractivity contribution >= 4 is 29.3 Å². The molecule has 144 valence electrons. The van der Waals surface area contributed by atoms with Crippen LogP contribution in [0.15, 0.2) is 69.9 Å². The standard InChI is InChI=1S/C22H20N6O/c1-2-15-11-18(12-16-3-7-19(8-4-16)25-27-23)21(22(29)14-15)13-17-5-9-20(10-6-17)26-28-24/h3-10,12-13,15H,2,11,14H2,1H3. The maximum Gasteiger partial charge on any atom is 0.163 e. The normalized spacial score (nSPS) is 18.9. The number of benzene rings is 2. The summed E-state index contributed by atoms with van der Waals surface area (Å²) >= 11 is 0. The van der Waals surface area contributed by atoms with Gasteiger partial charge >= 0.3 is 0 Å². The van der Waals surface area contributed by atoms with Gasteiger partial charge in [0.05, 0.1) is 0 Å². The van der Waals surface area contributed by atoms with Crippen LogP contribution in [0.1, 0.15) is 37.3 Å². The van der Waals surface area contributed by atoms with Gasteiger partial charge in [0, 0.05) is 33.2 Å². The number of rotatable bonds is 5. The van der Waals surface area contributed by atoms with Gasteiger partial charge in [-0.1, -0.05) is 78.2 Å². The monoisotopic (exact) mass is 384 g/mol. The molecule has 0 spiro atoms. The molecule has 0 aromatic heterocycles. The zero-order chi connectivity index (χ0) is 20.6. The summed E-state index contributed by atoms with van der Waals surface area (Å²) in [6.45, 7) is 2.10. The van der Waals surface area contributed by atoms with E-state index in [4.69, 9.17) is 11.1 Å². The molecule has 0 amide bonds. The van der Waals surface area contributed by atoms with Crippen LogP contribution in [0.25, 0.3) is 33.0 Å². The van der Waals surface area contributed by atoms with E-state index >= 15 is 0 Å². The Hall–Kier alpha value is -3.79. The van der Waals surface area contributed by atoms with Crippen molar-refractivity contribution in [2.45, 2.75) is 26.2 Å². The molecule has 1 saturated carbocycles. The molecule has 1 aliphatic carbocycles. The minimum atomic E-state index is 0.138. The van der Waals surface area contributed by atoms with E-state index in [1.165, 1.54) is 0 Å². The van der Waals surface area contributed by atoms with Crippen molar-refractivity contribution in [3.8, 4) is 0 Å². The third kappa shape index (κ3) is 5.14. The quantitative estimate of drug-likeness (QED) is 0.227. The van der Waals surface area contributed by atoms with Gasteiger partial charge in [0.15, 0.2) is 5.78 Å². The van der Waals surface area contributed by atoms with E-state index in [0.29, 0.717) is 29.3 Å². The first kappa shape index (κ1) is 20.0. The Morgan fingerprint density at radius 1 is 0.897 bits per heavy atom. The molecular weight excluding hydrogens is 364 g/mol. The minimum absolute atomic E-state index is 0.138. The summed E-state index contributed by atoms with van der Waals surface area (Å²) < 4.78 is 0. The zero-order valence-electron chi connectivity index (χ0n) is 16.1. The molecule has 7 nitrogen and oxygen atoms in total. The van der Waals surface area contributed by atoms with Gasteiger partial charge in [0.2, 0.25) is 0 Å². The highest BCUT2D eigenvalue weighted by Gasteiger charge is 2.26. The van der Waals surface area contributed by atoms with Crippen molar-refractivity contribution in [3.05, 3.63) is 91.7 Å². The Bertz CT molecular complexity index is 1050. The molecule has 1 fully saturated rings. The topological polar surface area (TPSA) is 115 Å². The van der Waals surface area contributed by atoms with Crippen LogP contribution in [0.4, 0.5) is 11.4 Å². The Balaban J connectivity index is 1.98. The van der Waals surface area contributed by atoms with Crippen LogP contribution in [-0.2, 0) is 4.79 Å². The third-order valence-corrected chi connectivity index (χ3v) is 4.96. The second-order valence-electron chi connectivity index (χ2n) is 6.90. The second-order valence-corrected chi connectivity index (χ2v) is 6.90. The van der Waals surface area contributed by atoms with Crippen LogP contribution in [-0.4, -0.2) is 5.78 Å². The Labute approximate surface area is 168 Å². The highest BCUT2D eigenvalue weighted by molar-refractivity contribution is 6.06. The average molecular weight is 384 g/mol. The predicted molar refractivity (Wildman–Crippen MR) is 114 cm³/mol. The molecule has 1 unspecified atom stereocenters. The molecule has 0 aliphatic heterocycles. The smallest absolute Gasteiger partial charge is 0.163 e. The molecule has 1 atom stereocenters. The minimum Gasteiger partial charge on any atom is -0.294 e. The second kappa shape index (κ2) is 9.42. The Morgan fingerprint density at radius 3 is 1.90 bits per heavy atom. The highest BCUT2D eigenvalue weighted by Crippen LogP contribution is 2.35. The summed E-state index contributed by atoms with van der Waals surface area (Å²) in [5.41, 5.74) is 21.7. The van der Waals surface area contributed by atoms with E-state index in [2.05, 4.69) is 27.0 Å².